The minimum atomic E-state index is -0.328. The van der Waals surface area contributed by atoms with Crippen LogP contribution in [0.15, 0.2) is 63.6 Å². The highest BCUT2D eigenvalue weighted by Crippen LogP contribution is 2.22. The smallest absolute Gasteiger partial charge is 0.294 e. The van der Waals surface area contributed by atoms with Crippen molar-refractivity contribution in [2.45, 2.75) is 6.92 Å². The Morgan fingerprint density at radius 2 is 1.91 bits per heavy atom. The first-order valence-electron chi connectivity index (χ1n) is 6.73. The first kappa shape index (κ1) is 14.5. The average molecular weight is 357 g/mol. The Balaban J connectivity index is 1.78. The maximum atomic E-state index is 12.2. The number of amides is 1. The summed E-state index contributed by atoms with van der Waals surface area (Å²) in [6.45, 7) is 1.98. The van der Waals surface area contributed by atoms with Gasteiger partial charge < -0.3 is 9.84 Å². The van der Waals surface area contributed by atoms with Crippen LogP contribution < -0.4 is 5.32 Å². The number of hydrogen-bond acceptors (Lipinski definition) is 3. The molecule has 4 nitrogen and oxygen atoms in total. The van der Waals surface area contributed by atoms with E-state index in [4.69, 9.17) is 4.52 Å². The standard InChI is InChI=1S/C17H13BrN2O2/c1-11-7-8-13(9-14(11)18)19-17(21)16-10-15(20-22-16)12-5-3-2-4-6-12/h2-10H,1H3,(H,19,21). The molecule has 0 spiro atoms. The van der Waals surface area contributed by atoms with Crippen molar-refractivity contribution in [2.75, 3.05) is 5.32 Å². The number of aromatic nitrogens is 1. The fourth-order valence-electron chi connectivity index (χ4n) is 1.99. The Labute approximate surface area is 136 Å². The molecule has 0 aliphatic rings. The summed E-state index contributed by atoms with van der Waals surface area (Å²) < 4.78 is 6.07. The van der Waals surface area contributed by atoms with Gasteiger partial charge in [-0.3, -0.25) is 4.79 Å². The van der Waals surface area contributed by atoms with Crippen LogP contribution in [-0.4, -0.2) is 11.1 Å². The number of benzene rings is 2. The van der Waals surface area contributed by atoms with Crippen molar-refractivity contribution in [3.8, 4) is 11.3 Å². The van der Waals surface area contributed by atoms with Crippen molar-refractivity contribution in [2.24, 2.45) is 0 Å². The monoisotopic (exact) mass is 356 g/mol. The summed E-state index contributed by atoms with van der Waals surface area (Å²) in [4.78, 5) is 12.2. The lowest BCUT2D eigenvalue weighted by atomic mass is 10.1. The molecule has 0 aliphatic carbocycles. The third kappa shape index (κ3) is 3.09. The molecule has 0 saturated heterocycles. The summed E-state index contributed by atoms with van der Waals surface area (Å²) in [5.41, 5.74) is 3.34. The lowest BCUT2D eigenvalue weighted by molar-refractivity contribution is 0.0988. The lowest BCUT2D eigenvalue weighted by Crippen LogP contribution is -2.10. The van der Waals surface area contributed by atoms with E-state index in [-0.39, 0.29) is 11.7 Å². The number of nitrogens with one attached hydrogen (secondary N) is 1. The van der Waals surface area contributed by atoms with Crippen molar-refractivity contribution in [3.63, 3.8) is 0 Å². The van der Waals surface area contributed by atoms with Gasteiger partial charge in [0, 0.05) is 21.8 Å². The fraction of sp³-hybridized carbons (Fsp3) is 0.0588. The SMILES string of the molecule is Cc1ccc(NC(=O)c2cc(-c3ccccc3)no2)cc1Br. The van der Waals surface area contributed by atoms with Crippen LogP contribution in [0.5, 0.6) is 0 Å². The number of nitrogens with zero attached hydrogens (tertiary/aromatic N) is 1. The van der Waals surface area contributed by atoms with Crippen LogP contribution in [0.25, 0.3) is 11.3 Å². The highest BCUT2D eigenvalue weighted by atomic mass is 79.9. The van der Waals surface area contributed by atoms with E-state index in [1.807, 2.05) is 55.5 Å². The van der Waals surface area contributed by atoms with Crippen LogP contribution in [0.4, 0.5) is 5.69 Å². The molecule has 110 valence electrons. The molecular formula is C17H13BrN2O2. The zero-order valence-electron chi connectivity index (χ0n) is 11.8. The maximum Gasteiger partial charge on any atom is 0.294 e. The van der Waals surface area contributed by atoms with E-state index in [1.54, 1.807) is 6.07 Å². The third-order valence-electron chi connectivity index (χ3n) is 3.23. The second-order valence-electron chi connectivity index (χ2n) is 4.86. The molecule has 22 heavy (non-hydrogen) atoms. The van der Waals surface area contributed by atoms with Crippen molar-refractivity contribution < 1.29 is 9.32 Å². The van der Waals surface area contributed by atoms with Gasteiger partial charge >= 0.3 is 0 Å². The molecule has 3 rings (SSSR count). The van der Waals surface area contributed by atoms with Crippen LogP contribution in [0, 0.1) is 6.92 Å². The molecule has 0 atom stereocenters. The van der Waals surface area contributed by atoms with Crippen LogP contribution in [0.2, 0.25) is 0 Å². The minimum Gasteiger partial charge on any atom is -0.350 e. The Bertz CT molecular complexity index is 813. The zero-order valence-corrected chi connectivity index (χ0v) is 13.4. The minimum absolute atomic E-state index is 0.176. The van der Waals surface area contributed by atoms with E-state index in [9.17, 15) is 4.79 Å². The second-order valence-corrected chi connectivity index (χ2v) is 5.71. The maximum absolute atomic E-state index is 12.2. The average Bonchev–Trinajstić information content (AvgIpc) is 3.02. The van der Waals surface area contributed by atoms with Crippen molar-refractivity contribution in [1.29, 1.82) is 0 Å². The van der Waals surface area contributed by atoms with Crippen molar-refractivity contribution >= 4 is 27.5 Å². The lowest BCUT2D eigenvalue weighted by Gasteiger charge is -2.04. The zero-order chi connectivity index (χ0) is 15.5. The summed E-state index contributed by atoms with van der Waals surface area (Å²) in [5.74, 6) is -0.152. The molecule has 1 aromatic heterocycles. The molecule has 0 aliphatic heterocycles. The molecule has 5 heteroatoms. The number of anilines is 1. The van der Waals surface area contributed by atoms with Gasteiger partial charge in [0.05, 0.1) is 0 Å². The van der Waals surface area contributed by atoms with Gasteiger partial charge in [-0.2, -0.15) is 0 Å². The molecule has 1 amide bonds. The molecule has 1 N–H and O–H groups in total. The van der Waals surface area contributed by atoms with Gasteiger partial charge in [-0.25, -0.2) is 0 Å². The van der Waals surface area contributed by atoms with Gasteiger partial charge in [0.25, 0.3) is 5.91 Å². The Morgan fingerprint density at radius 3 is 2.64 bits per heavy atom. The van der Waals surface area contributed by atoms with Crippen molar-refractivity contribution in [3.05, 3.63) is 70.4 Å². The number of carbonyl (C=O) groups is 1. The van der Waals surface area contributed by atoms with E-state index in [0.717, 1.165) is 15.6 Å². The molecule has 1 heterocycles. The normalized spacial score (nSPS) is 10.5. The molecule has 0 radical (unpaired) electrons. The third-order valence-corrected chi connectivity index (χ3v) is 4.09. The largest absolute Gasteiger partial charge is 0.350 e. The van der Waals surface area contributed by atoms with Gasteiger partial charge in [-0.05, 0) is 24.6 Å². The quantitative estimate of drug-likeness (QED) is 0.741. The molecular weight excluding hydrogens is 344 g/mol. The first-order chi connectivity index (χ1) is 10.6. The predicted octanol–water partition coefficient (Wildman–Crippen LogP) is 4.66. The number of hydrogen-bond donors (Lipinski definition) is 1. The van der Waals surface area contributed by atoms with Crippen LogP contribution in [-0.2, 0) is 0 Å². The molecule has 2 aromatic carbocycles. The summed E-state index contributed by atoms with van der Waals surface area (Å²) in [6.07, 6.45) is 0. The summed E-state index contributed by atoms with van der Waals surface area (Å²) in [7, 11) is 0. The highest BCUT2D eigenvalue weighted by Gasteiger charge is 2.14. The van der Waals surface area contributed by atoms with E-state index in [0.29, 0.717) is 11.4 Å². The molecule has 0 fully saturated rings. The predicted molar refractivity (Wildman–Crippen MR) is 88.8 cm³/mol. The molecule has 3 aromatic rings. The molecule has 0 unspecified atom stereocenters. The van der Waals surface area contributed by atoms with Crippen LogP contribution >= 0.6 is 15.9 Å². The molecule has 0 bridgehead atoms. The topological polar surface area (TPSA) is 55.1 Å². The van der Waals surface area contributed by atoms with Gasteiger partial charge in [0.15, 0.2) is 0 Å². The Morgan fingerprint density at radius 1 is 1.14 bits per heavy atom. The Hall–Kier alpha value is -2.40. The Kier molecular flexibility index (Phi) is 4.06. The summed E-state index contributed by atoms with van der Waals surface area (Å²) >= 11 is 3.44. The molecule has 0 saturated carbocycles. The van der Waals surface area contributed by atoms with Crippen LogP contribution in [0.3, 0.4) is 0 Å². The number of rotatable bonds is 3. The summed E-state index contributed by atoms with van der Waals surface area (Å²) in [6, 6.07) is 16.8. The van der Waals surface area contributed by atoms with E-state index < -0.39 is 0 Å². The number of halogens is 1. The summed E-state index contributed by atoms with van der Waals surface area (Å²) in [5, 5.41) is 6.72. The van der Waals surface area contributed by atoms with Crippen molar-refractivity contribution in [1.82, 2.24) is 5.16 Å². The van der Waals surface area contributed by atoms with E-state index in [2.05, 4.69) is 26.4 Å². The first-order valence-corrected chi connectivity index (χ1v) is 7.52. The second kappa shape index (κ2) is 6.15. The van der Waals surface area contributed by atoms with E-state index >= 15 is 0 Å². The number of carbonyl (C=O) groups excluding carboxylic acids is 1. The van der Waals surface area contributed by atoms with Gasteiger partial charge in [-0.1, -0.05) is 57.5 Å². The number of aryl methyl sites for hydroxylation is 1. The fourth-order valence-corrected chi connectivity index (χ4v) is 2.37. The highest BCUT2D eigenvalue weighted by molar-refractivity contribution is 9.10. The van der Waals surface area contributed by atoms with E-state index in [1.165, 1.54) is 0 Å². The van der Waals surface area contributed by atoms with Gasteiger partial charge in [0.2, 0.25) is 5.76 Å². The van der Waals surface area contributed by atoms with Gasteiger partial charge in [0.1, 0.15) is 5.69 Å². The van der Waals surface area contributed by atoms with Gasteiger partial charge in [-0.15, -0.1) is 0 Å². The van der Waals surface area contributed by atoms with Crippen LogP contribution in [0.1, 0.15) is 16.1 Å².